The van der Waals surface area contributed by atoms with E-state index in [9.17, 15) is 13.5 Å². The van der Waals surface area contributed by atoms with Crippen molar-refractivity contribution in [2.24, 2.45) is 11.8 Å². The topological polar surface area (TPSA) is 69.6 Å². The van der Waals surface area contributed by atoms with Crippen molar-refractivity contribution in [2.75, 3.05) is 38.5 Å². The van der Waals surface area contributed by atoms with E-state index in [2.05, 4.69) is 5.32 Å². The lowest BCUT2D eigenvalue weighted by molar-refractivity contribution is 0.165. The minimum Gasteiger partial charge on any atom is -0.396 e. The highest BCUT2D eigenvalue weighted by Crippen LogP contribution is 2.22. The van der Waals surface area contributed by atoms with E-state index in [1.165, 1.54) is 0 Å². The third-order valence-corrected chi connectivity index (χ3v) is 6.25. The first-order chi connectivity index (χ1) is 9.12. The number of piperidine rings is 2. The molecule has 2 heterocycles. The van der Waals surface area contributed by atoms with Crippen molar-refractivity contribution in [3.05, 3.63) is 0 Å². The second-order valence-electron chi connectivity index (χ2n) is 5.85. The molecule has 1 unspecified atom stereocenters. The van der Waals surface area contributed by atoms with Gasteiger partial charge in [0.2, 0.25) is 10.0 Å². The smallest absolute Gasteiger partial charge is 0.214 e. The Labute approximate surface area is 116 Å². The molecular weight excluding hydrogens is 264 g/mol. The molecule has 0 bridgehead atoms. The van der Waals surface area contributed by atoms with E-state index in [0.717, 1.165) is 45.2 Å². The molecule has 6 heteroatoms. The zero-order chi connectivity index (χ0) is 13.7. The molecule has 0 spiro atoms. The van der Waals surface area contributed by atoms with Gasteiger partial charge in [-0.2, -0.15) is 0 Å². The summed E-state index contributed by atoms with van der Waals surface area (Å²) < 4.78 is 26.2. The van der Waals surface area contributed by atoms with E-state index < -0.39 is 10.0 Å². The molecule has 2 N–H and O–H groups in total. The Morgan fingerprint density at radius 2 is 1.89 bits per heavy atom. The normalized spacial score (nSPS) is 27.5. The molecule has 0 aromatic carbocycles. The first-order valence-electron chi connectivity index (χ1n) is 7.41. The van der Waals surface area contributed by atoms with Gasteiger partial charge in [-0.25, -0.2) is 12.7 Å². The maximum Gasteiger partial charge on any atom is 0.214 e. The number of aliphatic hydroxyl groups excluding tert-OH is 1. The Morgan fingerprint density at radius 3 is 2.58 bits per heavy atom. The zero-order valence-corrected chi connectivity index (χ0v) is 12.4. The number of nitrogens with one attached hydrogen (secondary N) is 1. The number of hydrogen-bond donors (Lipinski definition) is 2. The van der Waals surface area contributed by atoms with Gasteiger partial charge in [0.05, 0.1) is 5.75 Å². The van der Waals surface area contributed by atoms with Gasteiger partial charge in [0.25, 0.3) is 0 Å². The highest BCUT2D eigenvalue weighted by atomic mass is 32.2. The van der Waals surface area contributed by atoms with Gasteiger partial charge in [-0.15, -0.1) is 0 Å². The monoisotopic (exact) mass is 290 g/mol. The van der Waals surface area contributed by atoms with E-state index >= 15 is 0 Å². The predicted octanol–water partition coefficient (Wildman–Crippen LogP) is 0.410. The van der Waals surface area contributed by atoms with Crippen molar-refractivity contribution >= 4 is 10.0 Å². The molecule has 2 saturated heterocycles. The van der Waals surface area contributed by atoms with E-state index in [1.54, 1.807) is 4.31 Å². The molecular formula is C13H26N2O3S. The van der Waals surface area contributed by atoms with Crippen LogP contribution < -0.4 is 5.32 Å². The van der Waals surface area contributed by atoms with Crippen molar-refractivity contribution in [1.82, 2.24) is 9.62 Å². The maximum absolute atomic E-state index is 12.3. The Bertz CT molecular complexity index is 366. The van der Waals surface area contributed by atoms with E-state index in [4.69, 9.17) is 0 Å². The molecule has 2 rings (SSSR count). The summed E-state index contributed by atoms with van der Waals surface area (Å²) >= 11 is 0. The summed E-state index contributed by atoms with van der Waals surface area (Å²) in [6.07, 6.45) is 4.78. The van der Waals surface area contributed by atoms with Gasteiger partial charge in [0.1, 0.15) is 0 Å². The Balaban J connectivity index is 1.83. The number of rotatable bonds is 5. The zero-order valence-electron chi connectivity index (χ0n) is 11.6. The van der Waals surface area contributed by atoms with Gasteiger partial charge in [-0.05, 0) is 57.0 Å². The average Bonchev–Trinajstić information content (AvgIpc) is 2.46. The summed E-state index contributed by atoms with van der Waals surface area (Å²) in [4.78, 5) is 0. The van der Waals surface area contributed by atoms with E-state index in [0.29, 0.717) is 19.0 Å². The Morgan fingerprint density at radius 1 is 1.16 bits per heavy atom. The number of hydrogen-bond acceptors (Lipinski definition) is 4. The Hall–Kier alpha value is -0.170. The predicted molar refractivity (Wildman–Crippen MR) is 75.4 cm³/mol. The summed E-state index contributed by atoms with van der Waals surface area (Å²) in [5, 5.41) is 12.5. The molecule has 0 saturated carbocycles. The molecule has 0 aliphatic carbocycles. The largest absolute Gasteiger partial charge is 0.396 e. The lowest BCUT2D eigenvalue weighted by Gasteiger charge is -2.31. The summed E-state index contributed by atoms with van der Waals surface area (Å²) in [6, 6.07) is 0. The van der Waals surface area contributed by atoms with Crippen LogP contribution in [-0.2, 0) is 10.0 Å². The average molecular weight is 290 g/mol. The van der Waals surface area contributed by atoms with Gasteiger partial charge in [0.15, 0.2) is 0 Å². The molecule has 0 amide bonds. The standard InChI is InChI=1S/C13H26N2O3S/c16-11-13-2-1-8-15(10-13)19(17,18)9-5-12-3-6-14-7-4-12/h12-14,16H,1-11H2. The van der Waals surface area contributed by atoms with Crippen LogP contribution in [0.25, 0.3) is 0 Å². The van der Waals surface area contributed by atoms with Crippen LogP contribution in [0.15, 0.2) is 0 Å². The molecule has 19 heavy (non-hydrogen) atoms. The highest BCUT2D eigenvalue weighted by molar-refractivity contribution is 7.89. The molecule has 2 fully saturated rings. The molecule has 0 aromatic heterocycles. The second kappa shape index (κ2) is 7.02. The lowest BCUT2D eigenvalue weighted by Crippen LogP contribution is -2.42. The van der Waals surface area contributed by atoms with E-state index in [1.807, 2.05) is 0 Å². The summed E-state index contributed by atoms with van der Waals surface area (Å²) in [5.41, 5.74) is 0. The molecule has 2 aliphatic heterocycles. The SMILES string of the molecule is O=S(=O)(CCC1CCNCC1)N1CCCC(CO)C1. The lowest BCUT2D eigenvalue weighted by atomic mass is 9.96. The number of aliphatic hydroxyl groups is 1. The van der Waals surface area contributed by atoms with Gasteiger partial charge in [-0.1, -0.05) is 0 Å². The summed E-state index contributed by atoms with van der Waals surface area (Å²) in [7, 11) is -3.12. The third kappa shape index (κ3) is 4.41. The van der Waals surface area contributed by atoms with Crippen molar-refractivity contribution in [3.8, 4) is 0 Å². The van der Waals surface area contributed by atoms with Crippen molar-refractivity contribution < 1.29 is 13.5 Å². The fourth-order valence-corrected chi connectivity index (χ4v) is 4.78. The van der Waals surface area contributed by atoms with Crippen LogP contribution in [0.3, 0.4) is 0 Å². The molecule has 0 radical (unpaired) electrons. The number of nitrogens with zero attached hydrogens (tertiary/aromatic N) is 1. The van der Waals surface area contributed by atoms with Crippen LogP contribution in [0, 0.1) is 11.8 Å². The van der Waals surface area contributed by atoms with Crippen LogP contribution in [0.2, 0.25) is 0 Å². The molecule has 1 atom stereocenters. The van der Waals surface area contributed by atoms with Crippen LogP contribution in [-0.4, -0.2) is 56.4 Å². The first kappa shape index (κ1) is 15.2. The number of sulfonamides is 1. The second-order valence-corrected chi connectivity index (χ2v) is 7.94. The van der Waals surface area contributed by atoms with Crippen LogP contribution in [0.1, 0.15) is 32.1 Å². The van der Waals surface area contributed by atoms with Gasteiger partial charge in [-0.3, -0.25) is 0 Å². The van der Waals surface area contributed by atoms with Crippen LogP contribution in [0.4, 0.5) is 0 Å². The summed E-state index contributed by atoms with van der Waals surface area (Å²) in [6.45, 7) is 3.26. The minimum absolute atomic E-state index is 0.0975. The quantitative estimate of drug-likeness (QED) is 0.769. The van der Waals surface area contributed by atoms with Crippen molar-refractivity contribution in [2.45, 2.75) is 32.1 Å². The fourth-order valence-electron chi connectivity index (χ4n) is 3.04. The van der Waals surface area contributed by atoms with Gasteiger partial charge in [0, 0.05) is 19.7 Å². The first-order valence-corrected chi connectivity index (χ1v) is 9.02. The molecule has 5 nitrogen and oxygen atoms in total. The molecule has 112 valence electrons. The van der Waals surface area contributed by atoms with Crippen molar-refractivity contribution in [3.63, 3.8) is 0 Å². The molecule has 2 aliphatic rings. The van der Waals surface area contributed by atoms with Crippen LogP contribution in [0.5, 0.6) is 0 Å². The highest BCUT2D eigenvalue weighted by Gasteiger charge is 2.29. The minimum atomic E-state index is -3.12. The Kier molecular flexibility index (Phi) is 5.62. The molecule has 0 aromatic rings. The maximum atomic E-state index is 12.3. The van der Waals surface area contributed by atoms with Crippen LogP contribution >= 0.6 is 0 Å². The fraction of sp³-hybridized carbons (Fsp3) is 1.00. The van der Waals surface area contributed by atoms with E-state index in [-0.39, 0.29) is 18.3 Å². The van der Waals surface area contributed by atoms with Crippen molar-refractivity contribution in [1.29, 1.82) is 0 Å². The summed E-state index contributed by atoms with van der Waals surface area (Å²) in [5.74, 6) is 0.951. The van der Waals surface area contributed by atoms with Gasteiger partial charge >= 0.3 is 0 Å². The van der Waals surface area contributed by atoms with Gasteiger partial charge < -0.3 is 10.4 Å². The third-order valence-electron chi connectivity index (χ3n) is 4.38.